The van der Waals surface area contributed by atoms with Crippen molar-refractivity contribution in [2.24, 2.45) is 5.92 Å². The molecule has 1 saturated heterocycles. The number of rotatable bonds is 6. The van der Waals surface area contributed by atoms with Crippen LogP contribution in [0.15, 0.2) is 30.3 Å². The normalized spacial score (nSPS) is 19.3. The number of likely N-dealkylation sites (tertiary alicyclic amines) is 1. The van der Waals surface area contributed by atoms with Crippen molar-refractivity contribution in [2.75, 3.05) is 42.8 Å². The van der Waals surface area contributed by atoms with Gasteiger partial charge >= 0.3 is 0 Å². The first kappa shape index (κ1) is 22.0. The summed E-state index contributed by atoms with van der Waals surface area (Å²) in [5.74, 6) is 1.25. The van der Waals surface area contributed by atoms with Crippen LogP contribution in [-0.4, -0.2) is 66.0 Å². The van der Waals surface area contributed by atoms with Gasteiger partial charge < -0.3 is 25.2 Å². The van der Waals surface area contributed by atoms with Crippen molar-refractivity contribution in [3.63, 3.8) is 0 Å². The molecule has 2 N–H and O–H groups in total. The number of nitrogens with zero attached hydrogens (tertiary/aromatic N) is 4. The summed E-state index contributed by atoms with van der Waals surface area (Å²) in [6.45, 7) is 6.98. The van der Waals surface area contributed by atoms with Gasteiger partial charge in [-0.1, -0.05) is 44.2 Å². The molecule has 1 aromatic heterocycles. The molecule has 0 unspecified atom stereocenters. The van der Waals surface area contributed by atoms with Crippen LogP contribution in [-0.2, 0) is 14.3 Å². The number of hydrogen-bond donors (Lipinski definition) is 2. The number of aromatic nitrogens is 2. The Kier molecular flexibility index (Phi) is 6.01. The standard InChI is InChI=1S/C23H30N6O3/c1-13(2)18-21(30)26-17-14(3)24-23(27-20(17)28(18)4)25-16-11-29(12-16)22(31)19(32-5)15-9-7-6-8-10-15/h6-10,13,16,18-19H,11-12H2,1-5H3,(H,26,30)(H,24,25,27)/t18-,19+/m0/s1. The predicted molar refractivity (Wildman–Crippen MR) is 123 cm³/mol. The number of aryl methyl sites for hydroxylation is 1. The lowest BCUT2D eigenvalue weighted by molar-refractivity contribution is -0.146. The first-order valence-electron chi connectivity index (χ1n) is 10.9. The van der Waals surface area contributed by atoms with Gasteiger partial charge in [0.1, 0.15) is 11.7 Å². The number of carbonyl (C=O) groups is 2. The summed E-state index contributed by atoms with van der Waals surface area (Å²) in [5.41, 5.74) is 2.20. The van der Waals surface area contributed by atoms with Crippen molar-refractivity contribution in [3.8, 4) is 0 Å². The van der Waals surface area contributed by atoms with E-state index < -0.39 is 6.10 Å². The minimum Gasteiger partial charge on any atom is -0.367 e. The molecule has 0 saturated carbocycles. The molecule has 32 heavy (non-hydrogen) atoms. The van der Waals surface area contributed by atoms with Crippen molar-refractivity contribution in [2.45, 2.75) is 39.0 Å². The Morgan fingerprint density at radius 1 is 1.22 bits per heavy atom. The first-order valence-corrected chi connectivity index (χ1v) is 10.9. The molecule has 2 aromatic rings. The molecule has 2 atom stereocenters. The van der Waals surface area contributed by atoms with Crippen LogP contribution in [0, 0.1) is 12.8 Å². The zero-order valence-electron chi connectivity index (χ0n) is 19.1. The monoisotopic (exact) mass is 438 g/mol. The highest BCUT2D eigenvalue weighted by atomic mass is 16.5. The van der Waals surface area contributed by atoms with Gasteiger partial charge in [-0.2, -0.15) is 4.98 Å². The van der Waals surface area contributed by atoms with Crippen LogP contribution in [0.3, 0.4) is 0 Å². The van der Waals surface area contributed by atoms with Crippen LogP contribution in [0.2, 0.25) is 0 Å². The minimum atomic E-state index is -0.607. The molecular formula is C23H30N6O3. The van der Waals surface area contributed by atoms with Crippen molar-refractivity contribution in [3.05, 3.63) is 41.6 Å². The van der Waals surface area contributed by atoms with E-state index in [1.54, 1.807) is 12.0 Å². The van der Waals surface area contributed by atoms with E-state index in [-0.39, 0.29) is 29.8 Å². The molecule has 0 radical (unpaired) electrons. The number of fused-ring (bicyclic) bond motifs is 1. The number of methoxy groups -OCH3 is 1. The number of anilines is 3. The second-order valence-corrected chi connectivity index (χ2v) is 8.73. The van der Waals surface area contributed by atoms with E-state index in [4.69, 9.17) is 4.74 Å². The fraction of sp³-hybridized carbons (Fsp3) is 0.478. The third-order valence-corrected chi connectivity index (χ3v) is 6.06. The number of carbonyl (C=O) groups excluding carboxylic acids is 2. The molecule has 170 valence electrons. The molecule has 0 spiro atoms. The zero-order valence-corrected chi connectivity index (χ0v) is 19.1. The van der Waals surface area contributed by atoms with Gasteiger partial charge in [-0.3, -0.25) is 9.59 Å². The quantitative estimate of drug-likeness (QED) is 0.713. The predicted octanol–water partition coefficient (Wildman–Crippen LogP) is 2.21. The lowest BCUT2D eigenvalue weighted by atomic mass is 9.99. The Morgan fingerprint density at radius 3 is 2.53 bits per heavy atom. The Morgan fingerprint density at radius 2 is 1.91 bits per heavy atom. The van der Waals surface area contributed by atoms with Gasteiger partial charge in [0.2, 0.25) is 11.9 Å². The molecule has 2 aliphatic heterocycles. The number of ether oxygens (including phenoxy) is 1. The Bertz CT molecular complexity index is 1010. The highest BCUT2D eigenvalue weighted by Crippen LogP contribution is 2.34. The number of benzene rings is 1. The van der Waals surface area contributed by atoms with Crippen molar-refractivity contribution < 1.29 is 14.3 Å². The maximum atomic E-state index is 12.9. The summed E-state index contributed by atoms with van der Waals surface area (Å²) >= 11 is 0. The fourth-order valence-electron chi connectivity index (χ4n) is 4.38. The maximum Gasteiger partial charge on any atom is 0.256 e. The van der Waals surface area contributed by atoms with E-state index in [2.05, 4.69) is 20.6 Å². The lowest BCUT2D eigenvalue weighted by Gasteiger charge is -2.41. The topological polar surface area (TPSA) is 99.7 Å². The third-order valence-electron chi connectivity index (χ3n) is 6.06. The third kappa shape index (κ3) is 4.00. The number of nitrogens with one attached hydrogen (secondary N) is 2. The Balaban J connectivity index is 1.43. The van der Waals surface area contributed by atoms with Gasteiger partial charge in [0.15, 0.2) is 11.9 Å². The summed E-state index contributed by atoms with van der Waals surface area (Å²) in [6, 6.07) is 9.26. The molecule has 0 aliphatic carbocycles. The molecule has 4 rings (SSSR count). The van der Waals surface area contributed by atoms with Gasteiger partial charge in [0.25, 0.3) is 5.91 Å². The summed E-state index contributed by atoms with van der Waals surface area (Å²) in [7, 11) is 3.44. The van der Waals surface area contributed by atoms with Crippen LogP contribution in [0.5, 0.6) is 0 Å². The summed E-state index contributed by atoms with van der Waals surface area (Å²) in [4.78, 5) is 38.2. The van der Waals surface area contributed by atoms with Gasteiger partial charge in [0, 0.05) is 27.2 Å². The molecule has 9 nitrogen and oxygen atoms in total. The van der Waals surface area contributed by atoms with E-state index in [1.807, 2.05) is 63.1 Å². The number of likely N-dealkylation sites (N-methyl/N-ethyl adjacent to an activating group) is 1. The van der Waals surface area contributed by atoms with Crippen LogP contribution in [0.4, 0.5) is 17.5 Å². The Labute approximate surface area is 188 Å². The molecule has 0 bridgehead atoms. The molecule has 1 aromatic carbocycles. The van der Waals surface area contributed by atoms with E-state index >= 15 is 0 Å². The smallest absolute Gasteiger partial charge is 0.256 e. The minimum absolute atomic E-state index is 0.0401. The average Bonchev–Trinajstić information content (AvgIpc) is 2.72. The Hall–Kier alpha value is -3.20. The number of hydrogen-bond acceptors (Lipinski definition) is 7. The van der Waals surface area contributed by atoms with Crippen LogP contribution >= 0.6 is 0 Å². The SMILES string of the molecule is CO[C@@H](C(=O)N1CC(Nc2nc(C)c3c(n2)N(C)[C@@H](C(C)C)C(=O)N3)C1)c1ccccc1. The molecule has 3 heterocycles. The van der Waals surface area contributed by atoms with Crippen LogP contribution in [0.1, 0.15) is 31.2 Å². The number of amides is 2. The van der Waals surface area contributed by atoms with E-state index in [0.29, 0.717) is 36.2 Å². The molecule has 9 heteroatoms. The average molecular weight is 439 g/mol. The highest BCUT2D eigenvalue weighted by molar-refractivity contribution is 6.03. The van der Waals surface area contributed by atoms with E-state index in [0.717, 1.165) is 5.56 Å². The second kappa shape index (κ2) is 8.74. The largest absolute Gasteiger partial charge is 0.367 e. The first-order chi connectivity index (χ1) is 15.3. The van der Waals surface area contributed by atoms with E-state index in [1.165, 1.54) is 0 Å². The molecule has 1 fully saturated rings. The molecule has 2 amide bonds. The van der Waals surface area contributed by atoms with Gasteiger partial charge in [-0.05, 0) is 18.4 Å². The second-order valence-electron chi connectivity index (χ2n) is 8.73. The van der Waals surface area contributed by atoms with Crippen molar-refractivity contribution in [1.29, 1.82) is 0 Å². The maximum absolute atomic E-state index is 12.9. The van der Waals surface area contributed by atoms with Crippen molar-refractivity contribution >= 4 is 29.3 Å². The fourth-order valence-corrected chi connectivity index (χ4v) is 4.38. The summed E-state index contributed by atoms with van der Waals surface area (Å²) < 4.78 is 5.46. The molecule has 2 aliphatic rings. The molecular weight excluding hydrogens is 408 g/mol. The van der Waals surface area contributed by atoms with Crippen molar-refractivity contribution in [1.82, 2.24) is 14.9 Å². The summed E-state index contributed by atoms with van der Waals surface area (Å²) in [6.07, 6.45) is -0.607. The van der Waals surface area contributed by atoms with Gasteiger partial charge in [-0.15, -0.1) is 0 Å². The highest BCUT2D eigenvalue weighted by Gasteiger charge is 2.37. The zero-order chi connectivity index (χ0) is 23.0. The van der Waals surface area contributed by atoms with Gasteiger partial charge in [0.05, 0.1) is 11.7 Å². The van der Waals surface area contributed by atoms with E-state index in [9.17, 15) is 9.59 Å². The van der Waals surface area contributed by atoms with Gasteiger partial charge in [-0.25, -0.2) is 4.98 Å². The lowest BCUT2D eigenvalue weighted by Crippen LogP contribution is -2.58. The van der Waals surface area contributed by atoms with Crippen LogP contribution in [0.25, 0.3) is 0 Å². The van der Waals surface area contributed by atoms with Crippen LogP contribution < -0.4 is 15.5 Å². The summed E-state index contributed by atoms with van der Waals surface area (Å²) in [5, 5.41) is 6.29.